The molecule has 0 fully saturated rings. The highest BCUT2D eigenvalue weighted by Gasteiger charge is 2.35. The Kier molecular flexibility index (Phi) is 5.89. The van der Waals surface area contributed by atoms with Crippen LogP contribution in [0.25, 0.3) is 0 Å². The van der Waals surface area contributed by atoms with Crippen LogP contribution in [0.15, 0.2) is 24.3 Å². The molecule has 4 nitrogen and oxygen atoms in total. The first-order valence-electron chi connectivity index (χ1n) is 6.20. The summed E-state index contributed by atoms with van der Waals surface area (Å²) in [5.41, 5.74) is 0.718. The number of ketones is 2. The van der Waals surface area contributed by atoms with Crippen LogP contribution in [0.4, 0.5) is 0 Å². The predicted octanol–water partition coefficient (Wildman–Crippen LogP) is 2.78. The molecule has 1 rings (SSSR count). The topological polar surface area (TPSA) is 60.4 Å². The van der Waals surface area contributed by atoms with Crippen molar-refractivity contribution in [3.8, 4) is 0 Å². The molecular weight excluding hydrogens is 280 g/mol. The van der Waals surface area contributed by atoms with Gasteiger partial charge in [-0.3, -0.25) is 9.59 Å². The van der Waals surface area contributed by atoms with E-state index in [4.69, 9.17) is 11.6 Å². The number of rotatable bonds is 6. The lowest BCUT2D eigenvalue weighted by atomic mass is 9.80. The third-order valence-corrected chi connectivity index (χ3v) is 3.35. The Hall–Kier alpha value is -1.68. The first kappa shape index (κ1) is 16.4. The summed E-state index contributed by atoms with van der Waals surface area (Å²) in [6.07, 6.45) is 0.0982. The maximum absolute atomic E-state index is 11.8. The van der Waals surface area contributed by atoms with E-state index < -0.39 is 17.8 Å². The van der Waals surface area contributed by atoms with Crippen molar-refractivity contribution in [2.45, 2.75) is 26.2 Å². The van der Waals surface area contributed by atoms with Gasteiger partial charge in [0.2, 0.25) is 0 Å². The number of ether oxygens (including phenoxy) is 1. The zero-order valence-electron chi connectivity index (χ0n) is 11.7. The van der Waals surface area contributed by atoms with Gasteiger partial charge in [-0.15, -0.1) is 0 Å². The van der Waals surface area contributed by atoms with E-state index in [0.29, 0.717) is 5.02 Å². The lowest BCUT2D eigenvalue weighted by Crippen LogP contribution is -2.31. The molecule has 0 aromatic heterocycles. The molecule has 1 aromatic rings. The maximum Gasteiger partial charge on any atom is 0.316 e. The summed E-state index contributed by atoms with van der Waals surface area (Å²) in [7, 11) is 1.23. The lowest BCUT2D eigenvalue weighted by Gasteiger charge is -2.23. The number of benzene rings is 1. The van der Waals surface area contributed by atoms with Crippen LogP contribution in [0.5, 0.6) is 0 Å². The summed E-state index contributed by atoms with van der Waals surface area (Å²) in [5, 5.41) is 0.549. The zero-order valence-corrected chi connectivity index (χ0v) is 12.4. The second kappa shape index (κ2) is 7.20. The van der Waals surface area contributed by atoms with Crippen molar-refractivity contribution in [1.29, 1.82) is 0 Å². The Balaban J connectivity index is 3.21. The number of hydrogen-bond acceptors (Lipinski definition) is 4. The minimum atomic E-state index is -0.981. The molecule has 0 heterocycles. The molecule has 0 spiro atoms. The normalized spacial score (nSPS) is 13.4. The van der Waals surface area contributed by atoms with E-state index in [-0.39, 0.29) is 18.0 Å². The highest BCUT2D eigenvalue weighted by atomic mass is 35.5. The van der Waals surface area contributed by atoms with Gasteiger partial charge in [-0.25, -0.2) is 0 Å². The van der Waals surface area contributed by atoms with Crippen molar-refractivity contribution in [3.63, 3.8) is 0 Å². The number of esters is 1. The van der Waals surface area contributed by atoms with Crippen molar-refractivity contribution in [1.82, 2.24) is 0 Å². The molecule has 0 amide bonds. The molecular formula is C15H17ClO4. The quantitative estimate of drug-likeness (QED) is 0.598. The Bertz CT molecular complexity index is 507. The number of carbonyl (C=O) groups excluding carboxylic acids is 3. The van der Waals surface area contributed by atoms with Crippen molar-refractivity contribution in [2.24, 2.45) is 5.92 Å². The molecule has 1 aromatic carbocycles. The fourth-order valence-electron chi connectivity index (χ4n) is 2.19. The van der Waals surface area contributed by atoms with Gasteiger partial charge in [-0.2, -0.15) is 0 Å². The molecule has 0 aliphatic rings. The van der Waals surface area contributed by atoms with Crippen molar-refractivity contribution < 1.29 is 19.1 Å². The van der Waals surface area contributed by atoms with Gasteiger partial charge in [-0.1, -0.05) is 23.7 Å². The van der Waals surface area contributed by atoms with E-state index in [9.17, 15) is 14.4 Å². The minimum Gasteiger partial charge on any atom is -0.468 e. The molecule has 20 heavy (non-hydrogen) atoms. The second-order valence-electron chi connectivity index (χ2n) is 4.68. The Labute approximate surface area is 123 Å². The summed E-state index contributed by atoms with van der Waals surface area (Å²) in [6.45, 7) is 2.75. The van der Waals surface area contributed by atoms with Crippen molar-refractivity contribution in [2.75, 3.05) is 7.11 Å². The fourth-order valence-corrected chi connectivity index (χ4v) is 2.31. The Morgan fingerprint density at radius 2 is 1.70 bits per heavy atom. The van der Waals surface area contributed by atoms with E-state index in [2.05, 4.69) is 4.74 Å². The third kappa shape index (κ3) is 4.17. The van der Waals surface area contributed by atoms with Crippen LogP contribution in [0.2, 0.25) is 5.02 Å². The molecule has 0 bridgehead atoms. The summed E-state index contributed by atoms with van der Waals surface area (Å²) in [6, 6.07) is 6.76. The third-order valence-electron chi connectivity index (χ3n) is 3.10. The van der Waals surface area contributed by atoms with Crippen LogP contribution >= 0.6 is 11.6 Å². The average Bonchev–Trinajstić information content (AvgIpc) is 2.37. The predicted molar refractivity (Wildman–Crippen MR) is 75.7 cm³/mol. The standard InChI is InChI=1S/C15H17ClO4/c1-9(17)8-13(11-4-6-12(16)7-5-11)14(10(2)18)15(19)20-3/h4-7,13-14H,8H2,1-3H3/t13-,14+/m0/s1. The largest absolute Gasteiger partial charge is 0.468 e. The number of methoxy groups -OCH3 is 1. The van der Waals surface area contributed by atoms with Crippen LogP contribution in [-0.2, 0) is 19.1 Å². The first-order chi connectivity index (χ1) is 9.36. The smallest absolute Gasteiger partial charge is 0.316 e. The average molecular weight is 297 g/mol. The van der Waals surface area contributed by atoms with Gasteiger partial charge >= 0.3 is 5.97 Å². The van der Waals surface area contributed by atoms with E-state index in [1.807, 2.05) is 0 Å². The van der Waals surface area contributed by atoms with Gasteiger partial charge in [0.05, 0.1) is 7.11 Å². The fraction of sp³-hybridized carbons (Fsp3) is 0.400. The van der Waals surface area contributed by atoms with Gasteiger partial charge in [0, 0.05) is 17.4 Å². The first-order valence-corrected chi connectivity index (χ1v) is 6.57. The van der Waals surface area contributed by atoms with Crippen LogP contribution in [0.1, 0.15) is 31.7 Å². The summed E-state index contributed by atoms with van der Waals surface area (Å²) in [5.74, 6) is -2.56. The van der Waals surface area contributed by atoms with E-state index in [1.165, 1.54) is 21.0 Å². The highest BCUT2D eigenvalue weighted by Crippen LogP contribution is 2.31. The molecule has 0 unspecified atom stereocenters. The van der Waals surface area contributed by atoms with E-state index >= 15 is 0 Å². The molecule has 2 atom stereocenters. The van der Waals surface area contributed by atoms with Crippen LogP contribution < -0.4 is 0 Å². The molecule has 0 saturated heterocycles. The minimum absolute atomic E-state index is 0.0971. The van der Waals surface area contributed by atoms with Crippen LogP contribution in [0, 0.1) is 5.92 Å². The molecule has 0 N–H and O–H groups in total. The van der Waals surface area contributed by atoms with Gasteiger partial charge < -0.3 is 9.53 Å². The summed E-state index contributed by atoms with van der Waals surface area (Å²) in [4.78, 5) is 35.0. The monoisotopic (exact) mass is 296 g/mol. The van der Waals surface area contributed by atoms with Gasteiger partial charge in [0.1, 0.15) is 17.5 Å². The number of Topliss-reactive ketones (excluding diaryl/α,β-unsaturated/α-hetero) is 2. The second-order valence-corrected chi connectivity index (χ2v) is 5.11. The summed E-state index contributed by atoms with van der Waals surface area (Å²) < 4.78 is 4.68. The van der Waals surface area contributed by atoms with E-state index in [0.717, 1.165) is 5.56 Å². The van der Waals surface area contributed by atoms with Crippen LogP contribution in [0.3, 0.4) is 0 Å². The van der Waals surface area contributed by atoms with E-state index in [1.54, 1.807) is 24.3 Å². The number of hydrogen-bond donors (Lipinski definition) is 0. The molecule has 0 aliphatic carbocycles. The molecule has 0 aliphatic heterocycles. The number of halogens is 1. The lowest BCUT2D eigenvalue weighted by molar-refractivity contribution is -0.150. The molecule has 0 saturated carbocycles. The zero-order chi connectivity index (χ0) is 15.3. The van der Waals surface area contributed by atoms with Crippen molar-refractivity contribution in [3.05, 3.63) is 34.9 Å². The van der Waals surface area contributed by atoms with Gasteiger partial charge in [-0.05, 0) is 31.5 Å². The van der Waals surface area contributed by atoms with Gasteiger partial charge in [0.25, 0.3) is 0 Å². The van der Waals surface area contributed by atoms with Crippen LogP contribution in [-0.4, -0.2) is 24.6 Å². The van der Waals surface area contributed by atoms with Crippen molar-refractivity contribution >= 4 is 29.1 Å². The summed E-state index contributed by atoms with van der Waals surface area (Å²) >= 11 is 5.83. The highest BCUT2D eigenvalue weighted by molar-refractivity contribution is 6.30. The Morgan fingerprint density at radius 1 is 1.15 bits per heavy atom. The Morgan fingerprint density at radius 3 is 2.10 bits per heavy atom. The maximum atomic E-state index is 11.8. The molecule has 5 heteroatoms. The SMILES string of the molecule is COC(=O)[C@H](C(C)=O)[C@@H](CC(C)=O)c1ccc(Cl)cc1. The molecule has 0 radical (unpaired) electrons. The number of carbonyl (C=O) groups is 3. The molecule has 108 valence electrons. The van der Waals surface area contributed by atoms with Gasteiger partial charge in [0.15, 0.2) is 0 Å².